The first kappa shape index (κ1) is 25.2. The van der Waals surface area contributed by atoms with Crippen molar-refractivity contribution in [2.45, 2.75) is 38.6 Å². The van der Waals surface area contributed by atoms with E-state index in [0.717, 1.165) is 40.9 Å². The second-order valence-corrected chi connectivity index (χ2v) is 10.9. The van der Waals surface area contributed by atoms with E-state index in [-0.39, 0.29) is 11.9 Å². The molecule has 0 saturated carbocycles. The van der Waals surface area contributed by atoms with Crippen LogP contribution in [0.5, 0.6) is 5.75 Å². The molecule has 200 valence electrons. The summed E-state index contributed by atoms with van der Waals surface area (Å²) in [5, 5.41) is 11.9. The number of aryl methyl sites for hydroxylation is 1. The second kappa shape index (κ2) is 11.4. The van der Waals surface area contributed by atoms with Gasteiger partial charge in [0.2, 0.25) is 5.91 Å². The van der Waals surface area contributed by atoms with Crippen LogP contribution < -0.4 is 9.64 Å². The van der Waals surface area contributed by atoms with Gasteiger partial charge in [0, 0.05) is 30.9 Å². The Kier molecular flexibility index (Phi) is 7.36. The van der Waals surface area contributed by atoms with Crippen molar-refractivity contribution >= 4 is 44.3 Å². The van der Waals surface area contributed by atoms with Crippen LogP contribution in [0.2, 0.25) is 0 Å². The molecule has 1 atom stereocenters. The van der Waals surface area contributed by atoms with E-state index in [1.807, 2.05) is 29.2 Å². The van der Waals surface area contributed by atoms with E-state index in [1.165, 1.54) is 10.4 Å². The summed E-state index contributed by atoms with van der Waals surface area (Å²) in [5.74, 6) is 1.81. The van der Waals surface area contributed by atoms with Crippen molar-refractivity contribution in [1.29, 1.82) is 0 Å². The second-order valence-electron chi connectivity index (χ2n) is 9.78. The fourth-order valence-corrected chi connectivity index (χ4v) is 6.17. The predicted octanol–water partition coefficient (Wildman–Crippen LogP) is 4.64. The molecule has 1 amide bonds. The first-order chi connectivity index (χ1) is 19.2. The summed E-state index contributed by atoms with van der Waals surface area (Å²) >= 11 is 1.73. The lowest BCUT2D eigenvalue weighted by Crippen LogP contribution is -2.56. The Hall–Kier alpha value is -4.05. The smallest absolute Gasteiger partial charge is 0.222 e. The lowest BCUT2D eigenvalue weighted by atomic mass is 10.0. The number of ether oxygens (including phenoxy) is 1. The van der Waals surface area contributed by atoms with Crippen LogP contribution in [0.4, 0.5) is 5.82 Å². The van der Waals surface area contributed by atoms with E-state index < -0.39 is 0 Å². The number of piperazine rings is 1. The van der Waals surface area contributed by atoms with Crippen molar-refractivity contribution in [3.63, 3.8) is 0 Å². The number of aromatic nitrogens is 5. The summed E-state index contributed by atoms with van der Waals surface area (Å²) in [7, 11) is 0. The minimum atomic E-state index is 0.120. The molecule has 9 nitrogen and oxygen atoms in total. The maximum Gasteiger partial charge on any atom is 0.222 e. The maximum absolute atomic E-state index is 13.3. The van der Waals surface area contributed by atoms with Gasteiger partial charge in [0.25, 0.3) is 0 Å². The first-order valence-electron chi connectivity index (χ1n) is 13.4. The number of thiophene rings is 1. The monoisotopic (exact) mass is 541 g/mol. The van der Waals surface area contributed by atoms with E-state index >= 15 is 0 Å². The number of hydrogen-bond acceptors (Lipinski definition) is 8. The van der Waals surface area contributed by atoms with Crippen LogP contribution in [0, 0.1) is 0 Å². The molecule has 5 aromatic rings. The molecule has 0 spiro atoms. The summed E-state index contributed by atoms with van der Waals surface area (Å²) < 4.78 is 5.93. The van der Waals surface area contributed by atoms with Crippen LogP contribution in [-0.2, 0) is 17.6 Å². The maximum atomic E-state index is 13.3. The quantitative estimate of drug-likeness (QED) is 0.271. The van der Waals surface area contributed by atoms with Crippen molar-refractivity contribution in [2.75, 3.05) is 31.1 Å². The minimum Gasteiger partial charge on any atom is -0.491 e. The fraction of sp³-hybridized carbons (Fsp3) is 0.345. The van der Waals surface area contributed by atoms with Crippen molar-refractivity contribution in [1.82, 2.24) is 30.3 Å². The zero-order valence-electron chi connectivity index (χ0n) is 21.9. The van der Waals surface area contributed by atoms with Crippen LogP contribution in [0.25, 0.3) is 21.3 Å². The molecule has 0 radical (unpaired) electrons. The molecule has 1 saturated heterocycles. The highest BCUT2D eigenvalue weighted by molar-refractivity contribution is 7.18. The highest BCUT2D eigenvalue weighted by atomic mass is 32.1. The molecule has 0 bridgehead atoms. The molecular formula is C29H31N7O2S. The van der Waals surface area contributed by atoms with Crippen molar-refractivity contribution in [2.24, 2.45) is 0 Å². The van der Waals surface area contributed by atoms with Crippen molar-refractivity contribution < 1.29 is 9.53 Å². The lowest BCUT2D eigenvalue weighted by Gasteiger charge is -2.42. The van der Waals surface area contributed by atoms with Gasteiger partial charge in [-0.1, -0.05) is 48.5 Å². The molecule has 4 heterocycles. The number of nitrogens with zero attached hydrogens (tertiary/aromatic N) is 6. The average Bonchev–Trinajstić information content (AvgIpc) is 3.63. The third-order valence-corrected chi connectivity index (χ3v) is 8.43. The molecule has 10 heteroatoms. The summed E-state index contributed by atoms with van der Waals surface area (Å²) in [6, 6.07) is 18.5. The molecule has 1 unspecified atom stereocenters. The Morgan fingerprint density at radius 3 is 2.90 bits per heavy atom. The van der Waals surface area contributed by atoms with E-state index in [4.69, 9.17) is 9.72 Å². The van der Waals surface area contributed by atoms with Crippen molar-refractivity contribution in [3.8, 4) is 5.75 Å². The normalized spacial score (nSPS) is 15.8. The lowest BCUT2D eigenvalue weighted by molar-refractivity contribution is -0.132. The van der Waals surface area contributed by atoms with Crippen LogP contribution in [0.3, 0.4) is 0 Å². The van der Waals surface area contributed by atoms with Gasteiger partial charge in [-0.2, -0.15) is 0 Å². The van der Waals surface area contributed by atoms with Gasteiger partial charge in [0.1, 0.15) is 22.7 Å². The topological polar surface area (TPSA) is 100 Å². The Labute approximate surface area is 230 Å². The number of anilines is 1. The molecule has 1 aliphatic rings. The number of aromatic amines is 1. The van der Waals surface area contributed by atoms with Crippen molar-refractivity contribution in [3.05, 3.63) is 71.4 Å². The van der Waals surface area contributed by atoms with E-state index in [2.05, 4.69) is 62.6 Å². The number of benzene rings is 2. The van der Waals surface area contributed by atoms with Crippen LogP contribution in [-0.4, -0.2) is 68.5 Å². The number of nitrogens with one attached hydrogen (secondary N) is 1. The molecule has 1 N–H and O–H groups in total. The van der Waals surface area contributed by atoms with Gasteiger partial charge in [-0.25, -0.2) is 9.97 Å². The van der Waals surface area contributed by atoms with E-state index in [9.17, 15) is 4.79 Å². The number of carbonyl (C=O) groups excluding carboxylic acids is 1. The zero-order valence-corrected chi connectivity index (χ0v) is 22.7. The number of fused-ring (bicyclic) bond motifs is 2. The summed E-state index contributed by atoms with van der Waals surface area (Å²) in [5.41, 5.74) is 2.79. The summed E-state index contributed by atoms with van der Waals surface area (Å²) in [6.07, 6.45) is 4.57. The first-order valence-corrected chi connectivity index (χ1v) is 14.3. The molecule has 2 aromatic carbocycles. The van der Waals surface area contributed by atoms with Gasteiger partial charge in [-0.05, 0) is 43.0 Å². The summed E-state index contributed by atoms with van der Waals surface area (Å²) in [6.45, 7) is 4.67. The summed E-state index contributed by atoms with van der Waals surface area (Å²) in [4.78, 5) is 29.3. The molecule has 3 aromatic heterocycles. The highest BCUT2D eigenvalue weighted by Gasteiger charge is 2.31. The van der Waals surface area contributed by atoms with Crippen LogP contribution in [0.1, 0.15) is 30.2 Å². The SMILES string of the molecule is CCc1cc2c(N3CCN(C(=O)CCCOc4cccc5[nH]nnc45)CC3Cc3ccccc3)ncnc2s1. The number of amides is 1. The molecular weight excluding hydrogens is 510 g/mol. The number of H-pyrrole nitrogens is 1. The predicted molar refractivity (Wildman–Crippen MR) is 153 cm³/mol. The molecule has 1 fully saturated rings. The molecule has 0 aliphatic carbocycles. The number of carbonyl (C=O) groups is 1. The Bertz CT molecular complexity index is 1570. The molecule has 1 aliphatic heterocycles. The third-order valence-electron chi connectivity index (χ3n) is 7.24. The minimum absolute atomic E-state index is 0.120. The van der Waals surface area contributed by atoms with Crippen LogP contribution >= 0.6 is 11.3 Å². The van der Waals surface area contributed by atoms with Gasteiger partial charge in [-0.3, -0.25) is 9.89 Å². The third kappa shape index (κ3) is 5.42. The molecule has 39 heavy (non-hydrogen) atoms. The van der Waals surface area contributed by atoms with Gasteiger partial charge < -0.3 is 14.5 Å². The standard InChI is InChI=1S/C29H31N7O2S/c1-2-22-17-23-28(30-19-31-29(23)39-22)36-14-13-35(18-21(36)16-20-8-4-3-5-9-20)26(37)12-7-15-38-25-11-6-10-24-27(25)33-34-32-24/h3-6,8-11,17,19,21H,2,7,12-16,18H2,1H3,(H,32,33,34). The number of rotatable bonds is 9. The number of hydrogen-bond donors (Lipinski definition) is 1. The largest absolute Gasteiger partial charge is 0.491 e. The average molecular weight is 542 g/mol. The fourth-order valence-electron chi connectivity index (χ4n) is 5.24. The zero-order chi connectivity index (χ0) is 26.6. The van der Waals surface area contributed by atoms with Crippen LogP contribution in [0.15, 0.2) is 60.9 Å². The van der Waals surface area contributed by atoms with Gasteiger partial charge in [-0.15, -0.1) is 16.4 Å². The highest BCUT2D eigenvalue weighted by Crippen LogP contribution is 2.33. The Balaban J connectivity index is 1.14. The van der Waals surface area contributed by atoms with Gasteiger partial charge in [0.15, 0.2) is 5.52 Å². The van der Waals surface area contributed by atoms with E-state index in [0.29, 0.717) is 43.8 Å². The van der Waals surface area contributed by atoms with Gasteiger partial charge in [0.05, 0.1) is 23.6 Å². The Morgan fingerprint density at radius 2 is 2.03 bits per heavy atom. The van der Waals surface area contributed by atoms with Gasteiger partial charge >= 0.3 is 0 Å². The Morgan fingerprint density at radius 1 is 1.13 bits per heavy atom. The van der Waals surface area contributed by atoms with E-state index in [1.54, 1.807) is 17.7 Å². The molecule has 6 rings (SSSR count).